The lowest BCUT2D eigenvalue weighted by Crippen LogP contribution is -2.18. The average Bonchev–Trinajstić information content (AvgIpc) is 3.24. The summed E-state index contributed by atoms with van der Waals surface area (Å²) in [5.41, 5.74) is 2.16. The molecule has 1 aliphatic rings. The van der Waals surface area contributed by atoms with Gasteiger partial charge in [0.05, 0.1) is 17.4 Å². The van der Waals surface area contributed by atoms with Crippen molar-refractivity contribution in [2.75, 3.05) is 5.01 Å². The summed E-state index contributed by atoms with van der Waals surface area (Å²) in [6, 6.07) is 15.4. The van der Waals surface area contributed by atoms with Crippen molar-refractivity contribution in [3.63, 3.8) is 0 Å². The number of halogens is 3. The second kappa shape index (κ2) is 6.69. The van der Waals surface area contributed by atoms with E-state index < -0.39 is 11.6 Å². The van der Waals surface area contributed by atoms with Crippen LogP contribution in [-0.4, -0.2) is 5.71 Å². The van der Waals surface area contributed by atoms with Crippen LogP contribution in [0.1, 0.15) is 22.9 Å². The van der Waals surface area contributed by atoms with Gasteiger partial charge in [-0.2, -0.15) is 5.10 Å². The largest absolute Gasteiger partial charge is 0.254 e. The van der Waals surface area contributed by atoms with Gasteiger partial charge < -0.3 is 0 Å². The topological polar surface area (TPSA) is 15.6 Å². The van der Waals surface area contributed by atoms with E-state index in [2.05, 4.69) is 21.0 Å². The van der Waals surface area contributed by atoms with Gasteiger partial charge in [0, 0.05) is 21.8 Å². The summed E-state index contributed by atoms with van der Waals surface area (Å²) in [4.78, 5) is 1.10. The highest BCUT2D eigenvalue weighted by Crippen LogP contribution is 2.39. The van der Waals surface area contributed by atoms with Crippen LogP contribution in [0, 0.1) is 11.6 Å². The van der Waals surface area contributed by atoms with E-state index in [0.717, 1.165) is 26.7 Å². The number of rotatable bonds is 3. The van der Waals surface area contributed by atoms with Crippen LogP contribution in [0.5, 0.6) is 0 Å². The third kappa shape index (κ3) is 3.24. The number of benzene rings is 2. The molecule has 2 heterocycles. The first-order chi connectivity index (χ1) is 12.1. The van der Waals surface area contributed by atoms with Gasteiger partial charge in [-0.15, -0.1) is 11.3 Å². The molecule has 4 rings (SSSR count). The highest BCUT2D eigenvalue weighted by Gasteiger charge is 2.32. The number of nitrogens with zero attached hydrogens (tertiary/aromatic N) is 2. The molecule has 6 heteroatoms. The summed E-state index contributed by atoms with van der Waals surface area (Å²) in [6.45, 7) is 0. The zero-order chi connectivity index (χ0) is 17.4. The maximum Gasteiger partial charge on any atom is 0.151 e. The van der Waals surface area contributed by atoms with Crippen molar-refractivity contribution >= 4 is 38.7 Å². The normalized spacial score (nSPS) is 17.0. The molecule has 2 aromatic carbocycles. The maximum absolute atomic E-state index is 14.3. The van der Waals surface area contributed by atoms with Gasteiger partial charge in [-0.3, -0.25) is 5.01 Å². The summed E-state index contributed by atoms with van der Waals surface area (Å²) >= 11 is 5.04. The minimum atomic E-state index is -0.609. The molecule has 126 valence electrons. The van der Waals surface area contributed by atoms with Crippen molar-refractivity contribution in [3.8, 4) is 0 Å². The summed E-state index contributed by atoms with van der Waals surface area (Å²) in [7, 11) is 0. The zero-order valence-corrected chi connectivity index (χ0v) is 15.4. The fraction of sp³-hybridized carbons (Fsp3) is 0.105. The lowest BCUT2D eigenvalue weighted by atomic mass is 10.0. The van der Waals surface area contributed by atoms with Crippen LogP contribution < -0.4 is 5.01 Å². The summed E-state index contributed by atoms with van der Waals surface area (Å²) in [6.07, 6.45) is 0.666. The van der Waals surface area contributed by atoms with Crippen LogP contribution in [-0.2, 0) is 0 Å². The van der Waals surface area contributed by atoms with Gasteiger partial charge in [-0.25, -0.2) is 8.78 Å². The second-order valence-electron chi connectivity index (χ2n) is 5.73. The molecule has 0 saturated carbocycles. The van der Waals surface area contributed by atoms with Crippen LogP contribution in [0.4, 0.5) is 14.5 Å². The van der Waals surface area contributed by atoms with E-state index in [0.29, 0.717) is 6.42 Å². The Morgan fingerprint density at radius 1 is 1.08 bits per heavy atom. The molecule has 0 aliphatic carbocycles. The van der Waals surface area contributed by atoms with Gasteiger partial charge in [0.15, 0.2) is 5.82 Å². The minimum Gasteiger partial charge on any atom is -0.254 e. The van der Waals surface area contributed by atoms with E-state index in [1.54, 1.807) is 16.3 Å². The second-order valence-corrected chi connectivity index (χ2v) is 7.62. The predicted octanol–water partition coefficient (Wildman–Crippen LogP) is 6.14. The number of thiophene rings is 1. The van der Waals surface area contributed by atoms with E-state index >= 15 is 0 Å². The molecule has 0 saturated heterocycles. The number of hydrogen-bond donors (Lipinski definition) is 0. The molecule has 0 amide bonds. The molecular weight excluding hydrogens is 406 g/mol. The van der Waals surface area contributed by atoms with Crippen LogP contribution in [0.15, 0.2) is 69.6 Å². The van der Waals surface area contributed by atoms with Gasteiger partial charge >= 0.3 is 0 Å². The Kier molecular flexibility index (Phi) is 4.39. The van der Waals surface area contributed by atoms with E-state index in [1.165, 1.54) is 12.1 Å². The molecule has 0 radical (unpaired) electrons. The first-order valence-corrected chi connectivity index (χ1v) is 9.40. The Hall–Kier alpha value is -2.05. The SMILES string of the molecule is Fc1ccc(N2N=C(c3ccc(Br)cc3)C[C@@H]2c2cccs2)c(F)c1. The highest BCUT2D eigenvalue weighted by atomic mass is 79.9. The molecule has 0 unspecified atom stereocenters. The fourth-order valence-corrected chi connectivity index (χ4v) is 3.99. The molecule has 3 aromatic rings. The minimum absolute atomic E-state index is 0.0985. The van der Waals surface area contributed by atoms with Gasteiger partial charge in [-0.1, -0.05) is 34.1 Å². The van der Waals surface area contributed by atoms with Gasteiger partial charge in [0.1, 0.15) is 5.82 Å². The summed E-state index contributed by atoms with van der Waals surface area (Å²) in [5.74, 6) is -1.20. The standard InChI is InChI=1S/C19H13BrF2N2S/c20-13-5-3-12(4-6-13)16-11-18(19-2-1-9-25-19)24(23-16)17-8-7-14(21)10-15(17)22/h1-10,18H,11H2/t18-/m1/s1. The predicted molar refractivity (Wildman–Crippen MR) is 101 cm³/mol. The Bertz CT molecular complexity index is 923. The quantitative estimate of drug-likeness (QED) is 0.498. The van der Waals surface area contributed by atoms with Crippen molar-refractivity contribution in [1.29, 1.82) is 0 Å². The third-order valence-corrected chi connectivity index (χ3v) is 5.62. The van der Waals surface area contributed by atoms with Crippen molar-refractivity contribution in [2.45, 2.75) is 12.5 Å². The average molecular weight is 419 g/mol. The molecular formula is C19H13BrF2N2S. The molecule has 0 N–H and O–H groups in total. The van der Waals surface area contributed by atoms with Gasteiger partial charge in [0.2, 0.25) is 0 Å². The van der Waals surface area contributed by atoms with Crippen LogP contribution in [0.3, 0.4) is 0 Å². The lowest BCUT2D eigenvalue weighted by molar-refractivity contribution is 0.574. The first-order valence-electron chi connectivity index (χ1n) is 7.73. The summed E-state index contributed by atoms with van der Waals surface area (Å²) < 4.78 is 28.6. The van der Waals surface area contributed by atoms with Gasteiger partial charge in [0.25, 0.3) is 0 Å². The molecule has 0 spiro atoms. The van der Waals surface area contributed by atoms with Crippen LogP contribution >= 0.6 is 27.3 Å². The molecule has 25 heavy (non-hydrogen) atoms. The van der Waals surface area contributed by atoms with E-state index in [1.807, 2.05) is 41.8 Å². The lowest BCUT2D eigenvalue weighted by Gasteiger charge is -2.23. The van der Waals surface area contributed by atoms with Crippen molar-refractivity contribution in [3.05, 3.63) is 86.5 Å². The first kappa shape index (κ1) is 16.4. The van der Waals surface area contributed by atoms with Crippen molar-refractivity contribution in [1.82, 2.24) is 0 Å². The molecule has 0 bridgehead atoms. The zero-order valence-electron chi connectivity index (χ0n) is 13.0. The third-order valence-electron chi connectivity index (χ3n) is 4.12. The fourth-order valence-electron chi connectivity index (χ4n) is 2.92. The molecule has 1 aromatic heterocycles. The van der Waals surface area contributed by atoms with E-state index in [9.17, 15) is 8.78 Å². The van der Waals surface area contributed by atoms with Gasteiger partial charge in [-0.05, 0) is 41.3 Å². The number of hydrogen-bond acceptors (Lipinski definition) is 3. The number of hydrazone groups is 1. The van der Waals surface area contributed by atoms with Crippen LogP contribution in [0.2, 0.25) is 0 Å². The summed E-state index contributed by atoms with van der Waals surface area (Å²) in [5, 5.41) is 8.32. The van der Waals surface area contributed by atoms with E-state index in [4.69, 9.17) is 0 Å². The Morgan fingerprint density at radius 2 is 1.88 bits per heavy atom. The smallest absolute Gasteiger partial charge is 0.151 e. The highest BCUT2D eigenvalue weighted by molar-refractivity contribution is 9.10. The molecule has 1 aliphatic heterocycles. The van der Waals surface area contributed by atoms with Crippen molar-refractivity contribution < 1.29 is 8.78 Å². The molecule has 0 fully saturated rings. The molecule has 2 nitrogen and oxygen atoms in total. The Morgan fingerprint density at radius 3 is 2.56 bits per heavy atom. The van der Waals surface area contributed by atoms with E-state index in [-0.39, 0.29) is 11.7 Å². The maximum atomic E-state index is 14.3. The number of anilines is 1. The monoisotopic (exact) mass is 418 g/mol. The Balaban J connectivity index is 1.77. The Labute approximate surface area is 156 Å². The molecule has 1 atom stereocenters. The van der Waals surface area contributed by atoms with Crippen LogP contribution in [0.25, 0.3) is 0 Å². The van der Waals surface area contributed by atoms with Crippen molar-refractivity contribution in [2.24, 2.45) is 5.10 Å².